The average Bonchev–Trinajstić information content (AvgIpc) is 2.77. The van der Waals surface area contributed by atoms with Crippen molar-refractivity contribution in [3.05, 3.63) is 24.7 Å². The molecule has 2 aromatic rings. The van der Waals surface area contributed by atoms with Gasteiger partial charge >= 0.3 is 6.09 Å². The Kier molecular flexibility index (Phi) is 4.45. The third-order valence-electron chi connectivity index (χ3n) is 2.96. The first kappa shape index (κ1) is 15.3. The average molecular weight is 290 g/mol. The number of aromatic nitrogens is 3. The molecule has 0 bridgehead atoms. The zero-order chi connectivity index (χ0) is 15.5. The fourth-order valence-electron chi connectivity index (χ4n) is 1.99. The van der Waals surface area contributed by atoms with E-state index in [4.69, 9.17) is 4.74 Å². The normalized spacial score (nSPS) is 13.1. The molecule has 1 amide bonds. The molecule has 0 unspecified atom stereocenters. The highest BCUT2D eigenvalue weighted by Gasteiger charge is 2.17. The first-order valence-electron chi connectivity index (χ1n) is 7.10. The molecule has 0 saturated carbocycles. The molecule has 21 heavy (non-hydrogen) atoms. The van der Waals surface area contributed by atoms with Gasteiger partial charge in [0.05, 0.1) is 11.8 Å². The van der Waals surface area contributed by atoms with Gasteiger partial charge in [-0.25, -0.2) is 14.8 Å². The van der Waals surface area contributed by atoms with Crippen LogP contribution in [0.15, 0.2) is 24.7 Å². The summed E-state index contributed by atoms with van der Waals surface area (Å²) in [4.78, 5) is 20.1. The molecular weight excluding hydrogens is 268 g/mol. The first-order valence-corrected chi connectivity index (χ1v) is 7.10. The smallest absolute Gasteiger partial charge is 0.407 e. The van der Waals surface area contributed by atoms with Crippen molar-refractivity contribution in [2.24, 2.45) is 0 Å². The van der Waals surface area contributed by atoms with Crippen LogP contribution in [0.4, 0.5) is 4.79 Å². The summed E-state index contributed by atoms with van der Waals surface area (Å²) in [5.74, 6) is 0. The van der Waals surface area contributed by atoms with Crippen molar-refractivity contribution in [1.29, 1.82) is 0 Å². The second-order valence-corrected chi connectivity index (χ2v) is 6.12. The minimum atomic E-state index is -0.476. The van der Waals surface area contributed by atoms with Gasteiger partial charge in [-0.1, -0.05) is 0 Å². The molecule has 2 rings (SSSR count). The van der Waals surface area contributed by atoms with Crippen LogP contribution < -0.4 is 5.32 Å². The highest BCUT2D eigenvalue weighted by Crippen LogP contribution is 2.11. The maximum Gasteiger partial charge on any atom is 0.407 e. The van der Waals surface area contributed by atoms with Crippen LogP contribution >= 0.6 is 0 Å². The van der Waals surface area contributed by atoms with Gasteiger partial charge < -0.3 is 14.6 Å². The Hall–Kier alpha value is -2.11. The number of aryl methyl sites for hydroxylation is 1. The maximum atomic E-state index is 11.7. The van der Waals surface area contributed by atoms with E-state index in [-0.39, 0.29) is 12.1 Å². The van der Waals surface area contributed by atoms with E-state index in [1.807, 2.05) is 44.4 Å². The SMILES string of the molecule is C[C@@H](CCn1cnc2ncccc21)NC(=O)OC(C)(C)C. The molecule has 6 heteroatoms. The number of nitrogens with one attached hydrogen (secondary N) is 1. The van der Waals surface area contributed by atoms with Crippen LogP contribution in [0.3, 0.4) is 0 Å². The predicted molar refractivity (Wildman–Crippen MR) is 81.0 cm³/mol. The third kappa shape index (κ3) is 4.44. The Bertz CT molecular complexity index is 615. The van der Waals surface area contributed by atoms with Gasteiger partial charge in [-0.05, 0) is 46.2 Å². The summed E-state index contributed by atoms with van der Waals surface area (Å²) in [5.41, 5.74) is 1.27. The maximum absolute atomic E-state index is 11.7. The quantitative estimate of drug-likeness (QED) is 0.940. The second kappa shape index (κ2) is 6.11. The summed E-state index contributed by atoms with van der Waals surface area (Å²) in [6, 6.07) is 3.90. The number of ether oxygens (including phenoxy) is 1. The van der Waals surface area contributed by atoms with Gasteiger partial charge in [0, 0.05) is 18.8 Å². The number of nitrogens with zero attached hydrogens (tertiary/aromatic N) is 3. The van der Waals surface area contributed by atoms with Gasteiger partial charge in [-0.3, -0.25) is 0 Å². The summed E-state index contributed by atoms with van der Waals surface area (Å²) in [7, 11) is 0. The van der Waals surface area contributed by atoms with Gasteiger partial charge in [0.1, 0.15) is 5.60 Å². The van der Waals surface area contributed by atoms with Crippen LogP contribution in [-0.2, 0) is 11.3 Å². The summed E-state index contributed by atoms with van der Waals surface area (Å²) in [6.07, 6.45) is 3.91. The Morgan fingerprint density at radius 3 is 2.90 bits per heavy atom. The van der Waals surface area contributed by atoms with E-state index in [0.29, 0.717) is 0 Å². The van der Waals surface area contributed by atoms with Crippen LogP contribution in [0, 0.1) is 0 Å². The van der Waals surface area contributed by atoms with Crippen molar-refractivity contribution in [3.63, 3.8) is 0 Å². The highest BCUT2D eigenvalue weighted by atomic mass is 16.6. The first-order chi connectivity index (χ1) is 9.85. The number of alkyl carbamates (subject to hydrolysis) is 1. The molecule has 2 heterocycles. The molecule has 0 aliphatic rings. The fourth-order valence-corrected chi connectivity index (χ4v) is 1.99. The molecule has 1 atom stereocenters. The second-order valence-electron chi connectivity index (χ2n) is 6.12. The van der Waals surface area contributed by atoms with E-state index in [1.54, 1.807) is 12.5 Å². The zero-order valence-corrected chi connectivity index (χ0v) is 13.0. The fraction of sp³-hybridized carbons (Fsp3) is 0.533. The molecule has 0 aliphatic heterocycles. The topological polar surface area (TPSA) is 69.0 Å². The van der Waals surface area contributed by atoms with E-state index in [1.165, 1.54) is 0 Å². The zero-order valence-electron chi connectivity index (χ0n) is 13.0. The molecule has 6 nitrogen and oxygen atoms in total. The van der Waals surface area contributed by atoms with E-state index in [2.05, 4.69) is 15.3 Å². The van der Waals surface area contributed by atoms with Crippen molar-refractivity contribution >= 4 is 17.3 Å². The summed E-state index contributed by atoms with van der Waals surface area (Å²) >= 11 is 0. The number of amides is 1. The minimum Gasteiger partial charge on any atom is -0.444 e. The Labute approximate surface area is 124 Å². The lowest BCUT2D eigenvalue weighted by molar-refractivity contribution is 0.0505. The lowest BCUT2D eigenvalue weighted by Crippen LogP contribution is -2.38. The molecule has 0 aliphatic carbocycles. The molecular formula is C15H22N4O2. The molecule has 0 aromatic carbocycles. The molecule has 0 spiro atoms. The minimum absolute atomic E-state index is 0.0222. The number of rotatable bonds is 4. The number of carbonyl (C=O) groups excluding carboxylic acids is 1. The third-order valence-corrected chi connectivity index (χ3v) is 2.96. The van der Waals surface area contributed by atoms with E-state index in [9.17, 15) is 4.79 Å². The number of hydrogen-bond donors (Lipinski definition) is 1. The molecule has 1 N–H and O–H groups in total. The number of imidazole rings is 1. The number of pyridine rings is 1. The van der Waals surface area contributed by atoms with Gasteiger partial charge in [-0.2, -0.15) is 0 Å². The molecule has 0 fully saturated rings. The summed E-state index contributed by atoms with van der Waals surface area (Å²) < 4.78 is 7.27. The van der Waals surface area contributed by atoms with Crippen LogP contribution in [0.1, 0.15) is 34.1 Å². The number of carbonyl (C=O) groups is 1. The van der Waals surface area contributed by atoms with Crippen molar-refractivity contribution in [1.82, 2.24) is 19.9 Å². The Morgan fingerprint density at radius 2 is 2.19 bits per heavy atom. The van der Waals surface area contributed by atoms with Crippen molar-refractivity contribution in [3.8, 4) is 0 Å². The highest BCUT2D eigenvalue weighted by molar-refractivity contribution is 5.70. The molecule has 0 radical (unpaired) electrons. The van der Waals surface area contributed by atoms with E-state index < -0.39 is 5.60 Å². The standard InChI is InChI=1S/C15H22N4O2/c1-11(18-14(20)21-15(2,3)4)7-9-19-10-17-13-12(19)6-5-8-16-13/h5-6,8,10-11H,7,9H2,1-4H3,(H,18,20)/t11-/m0/s1. The van der Waals surface area contributed by atoms with E-state index in [0.717, 1.165) is 24.1 Å². The van der Waals surface area contributed by atoms with Crippen LogP contribution in [-0.4, -0.2) is 32.3 Å². The Morgan fingerprint density at radius 1 is 1.43 bits per heavy atom. The van der Waals surface area contributed by atoms with E-state index >= 15 is 0 Å². The van der Waals surface area contributed by atoms with Gasteiger partial charge in [0.2, 0.25) is 0 Å². The lowest BCUT2D eigenvalue weighted by atomic mass is 10.2. The van der Waals surface area contributed by atoms with Crippen LogP contribution in [0.5, 0.6) is 0 Å². The summed E-state index contributed by atoms with van der Waals surface area (Å²) in [6.45, 7) is 8.27. The van der Waals surface area contributed by atoms with Crippen molar-refractivity contribution in [2.45, 2.75) is 52.3 Å². The molecule has 0 saturated heterocycles. The largest absolute Gasteiger partial charge is 0.444 e. The van der Waals surface area contributed by atoms with Crippen LogP contribution in [0.25, 0.3) is 11.2 Å². The summed E-state index contributed by atoms with van der Waals surface area (Å²) in [5, 5.41) is 2.84. The monoisotopic (exact) mass is 290 g/mol. The van der Waals surface area contributed by atoms with Crippen LogP contribution in [0.2, 0.25) is 0 Å². The Balaban J connectivity index is 1.87. The predicted octanol–water partition coefficient (Wildman–Crippen LogP) is 2.73. The lowest BCUT2D eigenvalue weighted by Gasteiger charge is -2.22. The van der Waals surface area contributed by atoms with Gasteiger partial charge in [0.25, 0.3) is 0 Å². The van der Waals surface area contributed by atoms with Gasteiger partial charge in [0.15, 0.2) is 5.65 Å². The van der Waals surface area contributed by atoms with Crippen molar-refractivity contribution < 1.29 is 9.53 Å². The number of hydrogen-bond acceptors (Lipinski definition) is 4. The molecule has 114 valence electrons. The number of fused-ring (bicyclic) bond motifs is 1. The molecule has 2 aromatic heterocycles. The van der Waals surface area contributed by atoms with Gasteiger partial charge in [-0.15, -0.1) is 0 Å². The van der Waals surface area contributed by atoms with Crippen molar-refractivity contribution in [2.75, 3.05) is 0 Å².